The molecular formula is C24H17ClFN3O2. The molecule has 2 N–H and O–H groups in total. The second kappa shape index (κ2) is 7.03. The van der Waals surface area contributed by atoms with E-state index in [2.05, 4.69) is 15.6 Å². The smallest absolute Gasteiger partial charge is 0.244 e. The van der Waals surface area contributed by atoms with Crippen molar-refractivity contribution in [3.63, 3.8) is 0 Å². The summed E-state index contributed by atoms with van der Waals surface area (Å²) in [5.74, 6) is -1.14. The molecule has 31 heavy (non-hydrogen) atoms. The van der Waals surface area contributed by atoms with Crippen LogP contribution in [-0.4, -0.2) is 16.8 Å². The van der Waals surface area contributed by atoms with Crippen LogP contribution >= 0.6 is 11.6 Å². The second-order valence-electron chi connectivity index (χ2n) is 7.69. The van der Waals surface area contributed by atoms with Gasteiger partial charge in [-0.25, -0.2) is 4.39 Å². The van der Waals surface area contributed by atoms with Crippen LogP contribution in [0.1, 0.15) is 28.3 Å². The minimum atomic E-state index is -1.32. The number of aromatic nitrogens is 1. The van der Waals surface area contributed by atoms with Gasteiger partial charge in [0.1, 0.15) is 11.2 Å². The highest BCUT2D eigenvalue weighted by Crippen LogP contribution is 2.55. The first-order chi connectivity index (χ1) is 14.9. The fraction of sp³-hybridized carbons (Fsp3) is 0.125. The summed E-state index contributed by atoms with van der Waals surface area (Å²) in [5.41, 5.74) is 2.31. The van der Waals surface area contributed by atoms with E-state index in [1.807, 2.05) is 6.92 Å². The number of rotatable bonds is 2. The lowest BCUT2D eigenvalue weighted by molar-refractivity contribution is -0.122. The highest BCUT2D eigenvalue weighted by molar-refractivity contribution is 6.31. The number of nitrogens with zero attached hydrogens (tertiary/aromatic N) is 1. The highest BCUT2D eigenvalue weighted by atomic mass is 35.5. The van der Waals surface area contributed by atoms with E-state index in [0.717, 1.165) is 5.56 Å². The van der Waals surface area contributed by atoms with E-state index < -0.39 is 17.3 Å². The average molecular weight is 434 g/mol. The van der Waals surface area contributed by atoms with Crippen molar-refractivity contribution in [2.75, 3.05) is 5.32 Å². The fourth-order valence-corrected chi connectivity index (χ4v) is 4.79. The molecule has 0 fully saturated rings. The van der Waals surface area contributed by atoms with Crippen molar-refractivity contribution in [3.05, 3.63) is 100 Å². The van der Waals surface area contributed by atoms with Gasteiger partial charge in [-0.15, -0.1) is 0 Å². The first-order valence-corrected chi connectivity index (χ1v) is 10.1. The molecule has 0 bridgehead atoms. The molecule has 0 aliphatic carbocycles. The number of hydrogen-bond acceptors (Lipinski definition) is 3. The third-order valence-corrected chi connectivity index (χ3v) is 6.19. The van der Waals surface area contributed by atoms with Crippen molar-refractivity contribution in [1.82, 2.24) is 10.3 Å². The van der Waals surface area contributed by atoms with Crippen molar-refractivity contribution in [2.45, 2.75) is 18.4 Å². The lowest BCUT2D eigenvalue weighted by atomic mass is 9.63. The van der Waals surface area contributed by atoms with Gasteiger partial charge in [-0.1, -0.05) is 29.8 Å². The Morgan fingerprint density at radius 3 is 2.74 bits per heavy atom. The number of amides is 2. The average Bonchev–Trinajstić information content (AvgIpc) is 3.03. The molecule has 1 spiro atoms. The summed E-state index contributed by atoms with van der Waals surface area (Å²) in [6.45, 7) is 1.83. The predicted octanol–water partition coefficient (Wildman–Crippen LogP) is 4.33. The summed E-state index contributed by atoms with van der Waals surface area (Å²) in [6, 6.07) is 12.2. The van der Waals surface area contributed by atoms with Crippen molar-refractivity contribution in [1.29, 1.82) is 0 Å². The van der Waals surface area contributed by atoms with Gasteiger partial charge in [0.2, 0.25) is 11.8 Å². The van der Waals surface area contributed by atoms with Crippen LogP contribution in [0.2, 0.25) is 5.02 Å². The number of fused-ring (bicyclic) bond motifs is 2. The summed E-state index contributed by atoms with van der Waals surface area (Å²) in [6.07, 6.45) is 4.66. The molecule has 2 aliphatic heterocycles. The van der Waals surface area contributed by atoms with E-state index in [9.17, 15) is 14.0 Å². The summed E-state index contributed by atoms with van der Waals surface area (Å²) < 4.78 is 14.3. The molecule has 0 unspecified atom stereocenters. The topological polar surface area (TPSA) is 71.1 Å². The number of anilines is 1. The minimum absolute atomic E-state index is 0.325. The Kier molecular flexibility index (Phi) is 4.41. The molecule has 2 aromatic carbocycles. The zero-order valence-electron chi connectivity index (χ0n) is 16.4. The van der Waals surface area contributed by atoms with E-state index in [1.54, 1.807) is 48.8 Å². The molecule has 3 heterocycles. The molecular weight excluding hydrogens is 417 g/mol. The Bertz CT molecular complexity index is 1280. The molecule has 2 aliphatic rings. The van der Waals surface area contributed by atoms with E-state index >= 15 is 0 Å². The number of pyridine rings is 1. The van der Waals surface area contributed by atoms with Crippen LogP contribution in [0.4, 0.5) is 10.1 Å². The Morgan fingerprint density at radius 1 is 1.13 bits per heavy atom. The van der Waals surface area contributed by atoms with Gasteiger partial charge in [0.25, 0.3) is 0 Å². The molecule has 7 heteroatoms. The van der Waals surface area contributed by atoms with E-state index in [4.69, 9.17) is 11.6 Å². The maximum absolute atomic E-state index is 14.3. The van der Waals surface area contributed by atoms with E-state index in [-0.39, 0.29) is 11.8 Å². The standard InChI is InChI=1S/C24H17ClFN3O2/c1-13-4-6-16(26)10-17(13)22-24(18-7-5-15(25)9-20(18)28-23(24)31)19(11-21(30)29-22)14-3-2-8-27-12-14/h2-12,22H,1H3,(H,28,31)(H,29,30)/t22-,24+/m1/s1. The van der Waals surface area contributed by atoms with Crippen LogP contribution in [0.5, 0.6) is 0 Å². The number of benzene rings is 2. The van der Waals surface area contributed by atoms with Crippen LogP contribution in [-0.2, 0) is 15.0 Å². The first kappa shape index (κ1) is 19.5. The van der Waals surface area contributed by atoms with E-state index in [1.165, 1.54) is 18.2 Å². The maximum atomic E-state index is 14.3. The normalized spacial score (nSPS) is 22.0. The third-order valence-electron chi connectivity index (χ3n) is 5.96. The molecule has 2 amide bonds. The number of hydrogen-bond donors (Lipinski definition) is 2. The molecule has 0 saturated heterocycles. The van der Waals surface area contributed by atoms with Gasteiger partial charge in [-0.05, 0) is 65.1 Å². The molecule has 5 nitrogen and oxygen atoms in total. The summed E-state index contributed by atoms with van der Waals surface area (Å²) >= 11 is 6.18. The van der Waals surface area contributed by atoms with Gasteiger partial charge in [-0.3, -0.25) is 14.6 Å². The summed E-state index contributed by atoms with van der Waals surface area (Å²) in [7, 11) is 0. The lowest BCUT2D eigenvalue weighted by Gasteiger charge is -2.42. The second-order valence-corrected chi connectivity index (χ2v) is 8.13. The van der Waals surface area contributed by atoms with Gasteiger partial charge in [-0.2, -0.15) is 0 Å². The number of carbonyl (C=O) groups is 2. The molecule has 0 radical (unpaired) electrons. The molecule has 3 aromatic rings. The zero-order valence-corrected chi connectivity index (χ0v) is 17.2. The van der Waals surface area contributed by atoms with Gasteiger partial charge in [0.05, 0.1) is 6.04 Å². The molecule has 0 saturated carbocycles. The SMILES string of the molecule is Cc1ccc(F)cc1[C@H]1NC(=O)C=C(c2cccnc2)[C@]12C(=O)Nc1cc(Cl)ccc12. The van der Waals surface area contributed by atoms with Crippen LogP contribution in [0.15, 0.2) is 67.0 Å². The minimum Gasteiger partial charge on any atom is -0.344 e. The third kappa shape index (κ3) is 2.86. The molecule has 2 atom stereocenters. The van der Waals surface area contributed by atoms with Crippen molar-refractivity contribution in [2.24, 2.45) is 0 Å². The first-order valence-electron chi connectivity index (χ1n) is 9.72. The largest absolute Gasteiger partial charge is 0.344 e. The summed E-state index contributed by atoms with van der Waals surface area (Å²) in [5, 5.41) is 6.31. The summed E-state index contributed by atoms with van der Waals surface area (Å²) in [4.78, 5) is 30.7. The Labute approximate surface area is 183 Å². The lowest BCUT2D eigenvalue weighted by Crippen LogP contribution is -2.52. The Morgan fingerprint density at radius 2 is 1.97 bits per heavy atom. The molecule has 5 rings (SSSR count). The van der Waals surface area contributed by atoms with Gasteiger partial charge < -0.3 is 10.6 Å². The van der Waals surface area contributed by atoms with Crippen molar-refractivity contribution >= 4 is 34.7 Å². The van der Waals surface area contributed by atoms with Crippen molar-refractivity contribution < 1.29 is 14.0 Å². The zero-order chi connectivity index (χ0) is 21.8. The van der Waals surface area contributed by atoms with Crippen LogP contribution < -0.4 is 10.6 Å². The quantitative estimate of drug-likeness (QED) is 0.632. The molecule has 154 valence electrons. The molecule has 1 aromatic heterocycles. The number of carbonyl (C=O) groups excluding carboxylic acids is 2. The van der Waals surface area contributed by atoms with Crippen LogP contribution in [0.3, 0.4) is 0 Å². The van der Waals surface area contributed by atoms with Gasteiger partial charge in [0, 0.05) is 29.2 Å². The monoisotopic (exact) mass is 433 g/mol. The Hall–Kier alpha value is -3.51. The Balaban J connectivity index is 1.87. The van der Waals surface area contributed by atoms with Crippen LogP contribution in [0.25, 0.3) is 5.57 Å². The van der Waals surface area contributed by atoms with Gasteiger partial charge >= 0.3 is 0 Å². The van der Waals surface area contributed by atoms with Crippen LogP contribution in [0, 0.1) is 12.7 Å². The van der Waals surface area contributed by atoms with Gasteiger partial charge in [0.15, 0.2) is 0 Å². The van der Waals surface area contributed by atoms with Crippen molar-refractivity contribution in [3.8, 4) is 0 Å². The fourth-order valence-electron chi connectivity index (χ4n) is 4.62. The van der Waals surface area contributed by atoms with E-state index in [0.29, 0.717) is 33.0 Å². The highest BCUT2D eigenvalue weighted by Gasteiger charge is 2.58. The maximum Gasteiger partial charge on any atom is 0.244 e. The predicted molar refractivity (Wildman–Crippen MR) is 116 cm³/mol. The number of aryl methyl sites for hydroxylation is 1. The number of halogens is 2. The number of nitrogens with one attached hydrogen (secondary N) is 2.